The van der Waals surface area contributed by atoms with Crippen molar-refractivity contribution >= 4 is 15.7 Å². The zero-order chi connectivity index (χ0) is 20.0. The zero-order valence-corrected chi connectivity index (χ0v) is 17.0. The topological polar surface area (TPSA) is 63.7 Å². The monoisotopic (exact) mass is 401 g/mol. The molecule has 1 saturated heterocycles. The highest BCUT2D eigenvalue weighted by molar-refractivity contribution is 7.91. The van der Waals surface area contributed by atoms with E-state index in [2.05, 4.69) is 6.92 Å². The number of aryl methyl sites for hydroxylation is 1. The van der Waals surface area contributed by atoms with Gasteiger partial charge in [0.05, 0.1) is 11.0 Å². The Labute approximate surface area is 167 Å². The Morgan fingerprint density at radius 3 is 2.25 bits per heavy atom. The highest BCUT2D eigenvalue weighted by Crippen LogP contribution is 2.22. The van der Waals surface area contributed by atoms with E-state index in [0.29, 0.717) is 31.7 Å². The summed E-state index contributed by atoms with van der Waals surface area (Å²) < 4.78 is 30.9. The molecule has 0 atom stereocenters. The van der Waals surface area contributed by atoms with Crippen molar-refractivity contribution in [1.82, 2.24) is 4.90 Å². The molecule has 0 aliphatic carbocycles. The summed E-state index contributed by atoms with van der Waals surface area (Å²) in [5, 5.41) is -0.390. The molecule has 1 heterocycles. The van der Waals surface area contributed by atoms with Gasteiger partial charge in [0.1, 0.15) is 5.75 Å². The van der Waals surface area contributed by atoms with Gasteiger partial charge in [-0.2, -0.15) is 0 Å². The molecule has 0 saturated carbocycles. The fraction of sp³-hybridized carbons (Fsp3) is 0.409. The van der Waals surface area contributed by atoms with Crippen LogP contribution in [0.4, 0.5) is 0 Å². The minimum Gasteiger partial charge on any atom is -0.484 e. The SMILES string of the molecule is CCc1ccc(OCC(=O)N2CCC(S(=O)(=O)Cc3ccccc3)CC2)cc1. The number of nitrogens with zero attached hydrogens (tertiary/aromatic N) is 1. The second-order valence-electron chi connectivity index (χ2n) is 7.16. The molecule has 1 amide bonds. The van der Waals surface area contributed by atoms with E-state index in [4.69, 9.17) is 4.74 Å². The fourth-order valence-corrected chi connectivity index (χ4v) is 5.27. The third-order valence-corrected chi connectivity index (χ3v) is 7.43. The number of hydrogen-bond acceptors (Lipinski definition) is 4. The minimum absolute atomic E-state index is 0.0209. The number of hydrogen-bond donors (Lipinski definition) is 0. The number of carbonyl (C=O) groups excluding carboxylic acids is 1. The number of piperidine rings is 1. The van der Waals surface area contributed by atoms with E-state index >= 15 is 0 Å². The predicted molar refractivity (Wildman–Crippen MR) is 110 cm³/mol. The van der Waals surface area contributed by atoms with Gasteiger partial charge in [0.25, 0.3) is 5.91 Å². The predicted octanol–water partition coefficient (Wildman–Crippen LogP) is 3.23. The van der Waals surface area contributed by atoms with Gasteiger partial charge in [-0.15, -0.1) is 0 Å². The van der Waals surface area contributed by atoms with Crippen LogP contribution in [0.25, 0.3) is 0 Å². The van der Waals surface area contributed by atoms with Crippen molar-refractivity contribution < 1.29 is 17.9 Å². The molecule has 0 spiro atoms. The van der Waals surface area contributed by atoms with Gasteiger partial charge in [-0.1, -0.05) is 49.4 Å². The Kier molecular flexibility index (Phi) is 6.73. The third-order valence-electron chi connectivity index (χ3n) is 5.21. The molecule has 0 N–H and O–H groups in total. The molecule has 5 nitrogen and oxygen atoms in total. The quantitative estimate of drug-likeness (QED) is 0.715. The lowest BCUT2D eigenvalue weighted by Gasteiger charge is -2.31. The van der Waals surface area contributed by atoms with Gasteiger partial charge < -0.3 is 9.64 Å². The summed E-state index contributed by atoms with van der Waals surface area (Å²) in [6.45, 7) is 2.97. The van der Waals surface area contributed by atoms with Crippen LogP contribution >= 0.6 is 0 Å². The van der Waals surface area contributed by atoms with Crippen molar-refractivity contribution in [2.24, 2.45) is 0 Å². The number of ether oxygens (including phenoxy) is 1. The van der Waals surface area contributed by atoms with E-state index in [-0.39, 0.29) is 23.5 Å². The zero-order valence-electron chi connectivity index (χ0n) is 16.2. The molecular formula is C22H27NO4S. The van der Waals surface area contributed by atoms with Crippen molar-refractivity contribution in [1.29, 1.82) is 0 Å². The van der Waals surface area contributed by atoms with Crippen LogP contribution in [0, 0.1) is 0 Å². The summed E-state index contributed by atoms with van der Waals surface area (Å²) in [5.74, 6) is 0.632. The summed E-state index contributed by atoms with van der Waals surface area (Å²) in [5.41, 5.74) is 2.03. The Bertz CT molecular complexity index is 871. The second kappa shape index (κ2) is 9.24. The smallest absolute Gasteiger partial charge is 0.260 e. The van der Waals surface area contributed by atoms with Crippen LogP contribution < -0.4 is 4.74 Å². The van der Waals surface area contributed by atoms with E-state index in [0.717, 1.165) is 12.0 Å². The number of sulfone groups is 1. The molecule has 0 aromatic heterocycles. The van der Waals surface area contributed by atoms with Crippen molar-refractivity contribution in [3.63, 3.8) is 0 Å². The molecule has 28 heavy (non-hydrogen) atoms. The molecule has 0 radical (unpaired) electrons. The fourth-order valence-electron chi connectivity index (χ4n) is 3.45. The van der Waals surface area contributed by atoms with Crippen molar-refractivity contribution in [2.45, 2.75) is 37.2 Å². The lowest BCUT2D eigenvalue weighted by molar-refractivity contribution is -0.134. The van der Waals surface area contributed by atoms with Crippen LogP contribution in [0.5, 0.6) is 5.75 Å². The lowest BCUT2D eigenvalue weighted by Crippen LogP contribution is -2.44. The Hall–Kier alpha value is -2.34. The van der Waals surface area contributed by atoms with Crippen LogP contribution in [0.15, 0.2) is 54.6 Å². The maximum Gasteiger partial charge on any atom is 0.260 e. The number of benzene rings is 2. The van der Waals surface area contributed by atoms with Crippen molar-refractivity contribution in [2.75, 3.05) is 19.7 Å². The maximum absolute atomic E-state index is 12.7. The van der Waals surface area contributed by atoms with Gasteiger partial charge in [0, 0.05) is 13.1 Å². The van der Waals surface area contributed by atoms with Crippen LogP contribution in [-0.4, -0.2) is 44.2 Å². The highest BCUT2D eigenvalue weighted by atomic mass is 32.2. The molecule has 2 aromatic carbocycles. The molecule has 0 unspecified atom stereocenters. The van der Waals surface area contributed by atoms with Crippen LogP contribution in [-0.2, 0) is 26.8 Å². The number of likely N-dealkylation sites (tertiary alicyclic amines) is 1. The average Bonchev–Trinajstić information content (AvgIpc) is 2.73. The maximum atomic E-state index is 12.7. The molecule has 0 bridgehead atoms. The molecule has 1 aliphatic heterocycles. The summed E-state index contributed by atoms with van der Waals surface area (Å²) in [6, 6.07) is 17.0. The van der Waals surface area contributed by atoms with Crippen LogP contribution in [0.1, 0.15) is 30.9 Å². The Morgan fingerprint density at radius 1 is 1.00 bits per heavy atom. The van der Waals surface area contributed by atoms with Crippen molar-refractivity contribution in [3.05, 3.63) is 65.7 Å². The Balaban J connectivity index is 1.48. The first-order valence-corrected chi connectivity index (χ1v) is 11.4. The van der Waals surface area contributed by atoms with Gasteiger partial charge in [-0.05, 0) is 42.5 Å². The van der Waals surface area contributed by atoms with Gasteiger partial charge in [-0.3, -0.25) is 4.79 Å². The molecular weight excluding hydrogens is 374 g/mol. The second-order valence-corrected chi connectivity index (χ2v) is 9.44. The van der Waals surface area contributed by atoms with Crippen molar-refractivity contribution in [3.8, 4) is 5.75 Å². The number of amides is 1. The summed E-state index contributed by atoms with van der Waals surface area (Å²) >= 11 is 0. The van der Waals surface area contributed by atoms with Gasteiger partial charge >= 0.3 is 0 Å². The number of carbonyl (C=O) groups is 1. The first-order chi connectivity index (χ1) is 13.5. The standard InChI is InChI=1S/C22H27NO4S/c1-2-18-8-10-20(11-9-18)27-16-22(24)23-14-12-21(13-15-23)28(25,26)17-19-6-4-3-5-7-19/h3-11,21H,2,12-17H2,1H3. The van der Waals surface area contributed by atoms with E-state index in [1.54, 1.807) is 4.90 Å². The highest BCUT2D eigenvalue weighted by Gasteiger charge is 2.31. The molecule has 1 aliphatic rings. The van der Waals surface area contributed by atoms with Gasteiger partial charge in [0.15, 0.2) is 16.4 Å². The molecule has 1 fully saturated rings. The van der Waals surface area contributed by atoms with E-state index < -0.39 is 9.84 Å². The first kappa shape index (κ1) is 20.4. The largest absolute Gasteiger partial charge is 0.484 e. The first-order valence-electron chi connectivity index (χ1n) is 9.73. The molecule has 150 valence electrons. The molecule has 2 aromatic rings. The minimum atomic E-state index is -3.22. The average molecular weight is 402 g/mol. The third kappa shape index (κ3) is 5.35. The number of rotatable bonds is 7. The molecule has 3 rings (SSSR count). The molecule has 6 heteroatoms. The van der Waals surface area contributed by atoms with Gasteiger partial charge in [0.2, 0.25) is 0 Å². The summed E-state index contributed by atoms with van der Waals surface area (Å²) in [6.07, 6.45) is 1.92. The lowest BCUT2D eigenvalue weighted by atomic mass is 10.1. The summed E-state index contributed by atoms with van der Waals surface area (Å²) in [7, 11) is -3.22. The van der Waals surface area contributed by atoms with E-state index in [1.807, 2.05) is 54.6 Å². The normalized spacial score (nSPS) is 15.4. The van der Waals surface area contributed by atoms with Crippen LogP contribution in [0.2, 0.25) is 0 Å². The van der Waals surface area contributed by atoms with Gasteiger partial charge in [-0.25, -0.2) is 8.42 Å². The van der Waals surface area contributed by atoms with E-state index in [9.17, 15) is 13.2 Å². The van der Waals surface area contributed by atoms with E-state index in [1.165, 1.54) is 5.56 Å². The summed E-state index contributed by atoms with van der Waals surface area (Å²) in [4.78, 5) is 14.1. The Morgan fingerprint density at radius 2 is 1.64 bits per heavy atom. The van der Waals surface area contributed by atoms with Crippen LogP contribution in [0.3, 0.4) is 0 Å².